The Balaban J connectivity index is 2.38. The van der Waals surface area contributed by atoms with Crippen molar-refractivity contribution in [2.75, 3.05) is 7.05 Å². The standard InChI is InChI=1S/C29H41N3O4/c1-8-12-21(3)30-26(33)25(23-17-15-20(2)16-18-23)32(7)27(34)24(19-22-13-10-9-11-14-22)31-28(35)36-29(4,5)6/h9-11,13-18,21,24-25H,8,12,19H2,1-7H3,(H,30,33)(H,31,35). The van der Waals surface area contributed by atoms with E-state index in [0.29, 0.717) is 5.56 Å². The quantitative estimate of drug-likeness (QED) is 0.489. The topological polar surface area (TPSA) is 87.7 Å². The van der Waals surface area contributed by atoms with Crippen molar-refractivity contribution in [1.29, 1.82) is 0 Å². The van der Waals surface area contributed by atoms with Gasteiger partial charge in [-0.2, -0.15) is 0 Å². The number of nitrogens with one attached hydrogen (secondary N) is 2. The van der Waals surface area contributed by atoms with Crippen molar-refractivity contribution < 1.29 is 19.1 Å². The highest BCUT2D eigenvalue weighted by Gasteiger charge is 2.34. The Morgan fingerprint density at radius 3 is 2.14 bits per heavy atom. The van der Waals surface area contributed by atoms with Gasteiger partial charge in [-0.15, -0.1) is 0 Å². The van der Waals surface area contributed by atoms with E-state index >= 15 is 0 Å². The van der Waals surface area contributed by atoms with Crippen LogP contribution < -0.4 is 10.6 Å². The molecule has 0 aromatic heterocycles. The van der Waals surface area contributed by atoms with Crippen LogP contribution in [0.5, 0.6) is 0 Å². The van der Waals surface area contributed by atoms with Gasteiger partial charge in [0.1, 0.15) is 17.7 Å². The lowest BCUT2D eigenvalue weighted by Gasteiger charge is -2.32. The van der Waals surface area contributed by atoms with Crippen LogP contribution in [0.4, 0.5) is 4.79 Å². The van der Waals surface area contributed by atoms with E-state index in [2.05, 4.69) is 17.6 Å². The fourth-order valence-corrected chi connectivity index (χ4v) is 4.00. The van der Waals surface area contributed by atoms with Crippen molar-refractivity contribution in [3.63, 3.8) is 0 Å². The zero-order valence-electron chi connectivity index (χ0n) is 22.6. The van der Waals surface area contributed by atoms with E-state index in [-0.39, 0.29) is 24.3 Å². The average Bonchev–Trinajstić information content (AvgIpc) is 2.79. The maximum Gasteiger partial charge on any atom is 0.408 e. The number of carbonyl (C=O) groups is 3. The van der Waals surface area contributed by atoms with Gasteiger partial charge >= 0.3 is 6.09 Å². The Bertz CT molecular complexity index is 999. The van der Waals surface area contributed by atoms with E-state index in [1.807, 2.05) is 68.4 Å². The monoisotopic (exact) mass is 495 g/mol. The molecule has 7 heteroatoms. The summed E-state index contributed by atoms with van der Waals surface area (Å²) in [5, 5.41) is 5.78. The molecule has 3 amide bonds. The normalized spacial score (nSPS) is 13.8. The molecule has 2 aromatic carbocycles. The number of alkyl carbamates (subject to hydrolysis) is 1. The number of carbonyl (C=O) groups excluding carboxylic acids is 3. The summed E-state index contributed by atoms with van der Waals surface area (Å²) < 4.78 is 5.42. The highest BCUT2D eigenvalue weighted by Crippen LogP contribution is 2.23. The number of benzene rings is 2. The van der Waals surface area contributed by atoms with Gasteiger partial charge in [0.15, 0.2) is 0 Å². The van der Waals surface area contributed by atoms with E-state index in [1.165, 1.54) is 4.90 Å². The summed E-state index contributed by atoms with van der Waals surface area (Å²) in [5.74, 6) is -0.639. The van der Waals surface area contributed by atoms with Crippen molar-refractivity contribution >= 4 is 17.9 Å². The molecule has 0 aliphatic carbocycles. The number of amides is 3. The maximum atomic E-state index is 13.8. The Hall–Kier alpha value is -3.35. The first-order valence-electron chi connectivity index (χ1n) is 12.6. The molecule has 0 saturated heterocycles. The van der Waals surface area contributed by atoms with E-state index in [4.69, 9.17) is 4.74 Å². The zero-order chi connectivity index (χ0) is 26.9. The largest absolute Gasteiger partial charge is 0.444 e. The number of rotatable bonds is 10. The molecule has 36 heavy (non-hydrogen) atoms. The number of hydrogen-bond acceptors (Lipinski definition) is 4. The lowest BCUT2D eigenvalue weighted by atomic mass is 10.00. The molecule has 0 aliphatic heterocycles. The second-order valence-electron chi connectivity index (χ2n) is 10.3. The van der Waals surface area contributed by atoms with Crippen molar-refractivity contribution in [2.24, 2.45) is 0 Å². The van der Waals surface area contributed by atoms with Crippen LogP contribution in [0, 0.1) is 6.92 Å². The third kappa shape index (κ3) is 9.02. The predicted molar refractivity (Wildman–Crippen MR) is 143 cm³/mol. The van der Waals surface area contributed by atoms with Gasteiger partial charge in [-0.05, 0) is 52.2 Å². The summed E-state index contributed by atoms with van der Waals surface area (Å²) in [6.45, 7) is 11.3. The highest BCUT2D eigenvalue weighted by atomic mass is 16.6. The summed E-state index contributed by atoms with van der Waals surface area (Å²) >= 11 is 0. The van der Waals surface area contributed by atoms with Crippen molar-refractivity contribution in [3.05, 3.63) is 71.3 Å². The van der Waals surface area contributed by atoms with E-state index in [0.717, 1.165) is 24.0 Å². The first kappa shape index (κ1) is 28.9. The van der Waals surface area contributed by atoms with E-state index in [1.54, 1.807) is 27.8 Å². The third-order valence-electron chi connectivity index (χ3n) is 5.76. The van der Waals surface area contributed by atoms with Gasteiger partial charge in [0.05, 0.1) is 0 Å². The van der Waals surface area contributed by atoms with Crippen LogP contribution in [0.25, 0.3) is 0 Å². The lowest BCUT2D eigenvalue weighted by molar-refractivity contribution is -0.141. The van der Waals surface area contributed by atoms with Crippen LogP contribution in [0.15, 0.2) is 54.6 Å². The maximum absolute atomic E-state index is 13.8. The molecule has 3 unspecified atom stereocenters. The molecule has 2 rings (SSSR count). The number of ether oxygens (including phenoxy) is 1. The van der Waals surface area contributed by atoms with Crippen molar-refractivity contribution in [3.8, 4) is 0 Å². The second kappa shape index (κ2) is 13.1. The van der Waals surface area contributed by atoms with Crippen molar-refractivity contribution in [2.45, 2.75) is 84.5 Å². The molecule has 0 aliphatic rings. The minimum Gasteiger partial charge on any atom is -0.444 e. The number of nitrogens with zero attached hydrogens (tertiary/aromatic N) is 1. The fourth-order valence-electron chi connectivity index (χ4n) is 4.00. The molecule has 0 heterocycles. The molecule has 0 saturated carbocycles. The number of likely N-dealkylation sites (N-methyl/N-ethyl adjacent to an activating group) is 1. The minimum absolute atomic E-state index is 0.0287. The molecule has 196 valence electrons. The van der Waals surface area contributed by atoms with Gasteiger partial charge in [-0.3, -0.25) is 9.59 Å². The molecule has 0 fully saturated rings. The Morgan fingerprint density at radius 2 is 1.58 bits per heavy atom. The smallest absolute Gasteiger partial charge is 0.408 e. The molecule has 2 aromatic rings. The highest BCUT2D eigenvalue weighted by molar-refractivity contribution is 5.92. The lowest BCUT2D eigenvalue weighted by Crippen LogP contribution is -2.53. The Morgan fingerprint density at radius 1 is 0.972 bits per heavy atom. The molecule has 2 N–H and O–H groups in total. The first-order valence-corrected chi connectivity index (χ1v) is 12.6. The van der Waals surface area contributed by atoms with Gasteiger partial charge in [-0.25, -0.2) is 4.79 Å². The Kier molecular flexibility index (Phi) is 10.5. The van der Waals surface area contributed by atoms with Crippen LogP contribution in [-0.2, 0) is 20.7 Å². The van der Waals surface area contributed by atoms with Crippen LogP contribution in [0.2, 0.25) is 0 Å². The number of aryl methyl sites for hydroxylation is 1. The van der Waals surface area contributed by atoms with E-state index in [9.17, 15) is 14.4 Å². The summed E-state index contributed by atoms with van der Waals surface area (Å²) in [7, 11) is 1.60. The summed E-state index contributed by atoms with van der Waals surface area (Å²) in [6.07, 6.45) is 1.35. The predicted octanol–water partition coefficient (Wildman–Crippen LogP) is 4.94. The van der Waals surface area contributed by atoms with Gasteiger partial charge in [-0.1, -0.05) is 73.5 Å². The third-order valence-corrected chi connectivity index (χ3v) is 5.76. The van der Waals surface area contributed by atoms with Crippen LogP contribution in [-0.4, -0.2) is 47.5 Å². The Labute approximate surface area is 215 Å². The van der Waals surface area contributed by atoms with Crippen molar-refractivity contribution in [1.82, 2.24) is 15.5 Å². The van der Waals surface area contributed by atoms with Crippen LogP contribution in [0.1, 0.15) is 70.2 Å². The first-order chi connectivity index (χ1) is 16.9. The SMILES string of the molecule is CCCC(C)NC(=O)C(c1ccc(C)cc1)N(C)C(=O)C(Cc1ccccc1)NC(=O)OC(C)(C)C. The van der Waals surface area contributed by atoms with Gasteiger partial charge in [0.2, 0.25) is 11.8 Å². The van der Waals surface area contributed by atoms with E-state index < -0.39 is 23.8 Å². The molecule has 7 nitrogen and oxygen atoms in total. The molecule has 0 spiro atoms. The molecule has 0 bridgehead atoms. The molecular weight excluding hydrogens is 454 g/mol. The van der Waals surface area contributed by atoms with Crippen LogP contribution in [0.3, 0.4) is 0 Å². The van der Waals surface area contributed by atoms with Gasteiger partial charge in [0, 0.05) is 19.5 Å². The van der Waals surface area contributed by atoms with Crippen LogP contribution >= 0.6 is 0 Å². The summed E-state index contributed by atoms with van der Waals surface area (Å²) in [5.41, 5.74) is 1.93. The fraction of sp³-hybridized carbons (Fsp3) is 0.483. The summed E-state index contributed by atoms with van der Waals surface area (Å²) in [4.78, 5) is 41.3. The molecular formula is C29H41N3O4. The second-order valence-corrected chi connectivity index (χ2v) is 10.3. The molecule has 3 atom stereocenters. The summed E-state index contributed by atoms with van der Waals surface area (Å²) in [6, 6.07) is 15.2. The zero-order valence-corrected chi connectivity index (χ0v) is 22.6. The average molecular weight is 496 g/mol. The minimum atomic E-state index is -0.916. The van der Waals surface area contributed by atoms with Gasteiger partial charge in [0.25, 0.3) is 0 Å². The molecule has 0 radical (unpaired) electrons. The van der Waals surface area contributed by atoms with Gasteiger partial charge < -0.3 is 20.3 Å². The number of hydrogen-bond donors (Lipinski definition) is 2.